The van der Waals surface area contributed by atoms with Crippen LogP contribution in [0.3, 0.4) is 0 Å². The van der Waals surface area contributed by atoms with Gasteiger partial charge in [-0.3, -0.25) is 20.4 Å². The highest BCUT2D eigenvalue weighted by atomic mass is 79.9. The van der Waals surface area contributed by atoms with Crippen LogP contribution in [-0.2, 0) is 4.79 Å². The highest BCUT2D eigenvalue weighted by Gasteiger charge is 2.54. The summed E-state index contributed by atoms with van der Waals surface area (Å²) in [6.07, 6.45) is 1.77. The number of nitrogens with one attached hydrogen (secondary N) is 2. The molecule has 1 aromatic rings. The van der Waals surface area contributed by atoms with Crippen molar-refractivity contribution in [2.75, 3.05) is 0 Å². The van der Waals surface area contributed by atoms with Gasteiger partial charge in [0.25, 0.3) is 5.91 Å². The van der Waals surface area contributed by atoms with Crippen LogP contribution in [0.1, 0.15) is 23.7 Å². The number of alkyl halides is 1. The second-order valence-corrected chi connectivity index (χ2v) is 5.45. The Bertz CT molecular complexity index is 536. The molecule has 0 bridgehead atoms. The Kier molecular flexibility index (Phi) is 3.25. The zero-order valence-corrected chi connectivity index (χ0v) is 11.1. The summed E-state index contributed by atoms with van der Waals surface area (Å²) in [5, 5.41) is 0. The van der Waals surface area contributed by atoms with E-state index in [1.165, 1.54) is 6.07 Å². The molecule has 1 aromatic heterocycles. The second kappa shape index (κ2) is 4.56. The van der Waals surface area contributed by atoms with Gasteiger partial charge in [-0.05, 0) is 19.4 Å². The fraction of sp³-hybridized carbons (Fsp3) is 0.364. The number of hydrogen-bond acceptors (Lipinski definition) is 4. The normalized spacial score (nSPS) is 25.3. The predicted octanol–water partition coefficient (Wildman–Crippen LogP) is 0.574. The Morgan fingerprint density at radius 3 is 2.61 bits per heavy atom. The van der Waals surface area contributed by atoms with Crippen molar-refractivity contribution in [1.82, 2.24) is 10.9 Å². The van der Waals surface area contributed by atoms with Crippen molar-refractivity contribution in [2.45, 2.75) is 18.2 Å². The summed E-state index contributed by atoms with van der Waals surface area (Å²) in [5.41, 5.74) is 3.75. The maximum absolute atomic E-state index is 11.7. The molecule has 1 aliphatic carbocycles. The third-order valence-corrected chi connectivity index (χ3v) is 4.24. The van der Waals surface area contributed by atoms with Gasteiger partial charge >= 0.3 is 5.63 Å². The highest BCUT2D eigenvalue weighted by Crippen LogP contribution is 2.51. The van der Waals surface area contributed by atoms with E-state index < -0.39 is 16.9 Å². The molecule has 1 fully saturated rings. The molecule has 2 rings (SSSR count). The van der Waals surface area contributed by atoms with E-state index in [2.05, 4.69) is 31.2 Å². The Morgan fingerprint density at radius 2 is 2.11 bits per heavy atom. The first-order valence-corrected chi connectivity index (χ1v) is 6.19. The number of hydrazine groups is 1. The van der Waals surface area contributed by atoms with E-state index in [1.54, 1.807) is 6.92 Å². The first-order chi connectivity index (χ1) is 8.43. The molecule has 18 heavy (non-hydrogen) atoms. The Hall–Kier alpha value is -1.63. The van der Waals surface area contributed by atoms with Gasteiger partial charge in [-0.25, -0.2) is 4.79 Å². The van der Waals surface area contributed by atoms with Gasteiger partial charge in [-0.15, -0.1) is 0 Å². The van der Waals surface area contributed by atoms with Gasteiger partial charge in [0.2, 0.25) is 5.91 Å². The molecular weight excluding hydrogens is 304 g/mol. The van der Waals surface area contributed by atoms with Crippen LogP contribution in [0, 0.1) is 5.41 Å². The molecule has 0 aliphatic heterocycles. The third-order valence-electron chi connectivity index (χ3n) is 2.91. The summed E-state index contributed by atoms with van der Waals surface area (Å²) in [7, 11) is 0. The number of hydrogen-bond donors (Lipinski definition) is 2. The maximum atomic E-state index is 11.7. The van der Waals surface area contributed by atoms with Gasteiger partial charge in [0.1, 0.15) is 6.26 Å². The minimum absolute atomic E-state index is 0.136. The maximum Gasteiger partial charge on any atom is 0.335 e. The molecule has 96 valence electrons. The zero-order valence-electron chi connectivity index (χ0n) is 9.53. The molecule has 2 amide bonds. The molecule has 2 N–H and O–H groups in total. The molecule has 0 unspecified atom stereocenters. The fourth-order valence-electron chi connectivity index (χ4n) is 1.36. The van der Waals surface area contributed by atoms with Crippen LogP contribution in [0.15, 0.2) is 27.6 Å². The van der Waals surface area contributed by atoms with Crippen LogP contribution in [0.4, 0.5) is 0 Å². The van der Waals surface area contributed by atoms with Gasteiger partial charge in [0.15, 0.2) is 0 Å². The molecule has 1 aliphatic rings. The van der Waals surface area contributed by atoms with Crippen LogP contribution < -0.4 is 16.5 Å². The number of amides is 2. The first kappa shape index (κ1) is 12.8. The van der Waals surface area contributed by atoms with E-state index in [4.69, 9.17) is 0 Å². The number of rotatable bonds is 2. The van der Waals surface area contributed by atoms with Crippen molar-refractivity contribution in [3.05, 3.63) is 34.4 Å². The molecule has 2 atom stereocenters. The molecule has 7 heteroatoms. The average molecular weight is 315 g/mol. The smallest absolute Gasteiger partial charge is 0.335 e. The monoisotopic (exact) mass is 314 g/mol. The van der Waals surface area contributed by atoms with Crippen molar-refractivity contribution < 1.29 is 14.0 Å². The SMILES string of the molecule is C[C@]1(C(=O)NNC(=O)c2ccc(=O)oc2)C[C@H]1Br. The van der Waals surface area contributed by atoms with Gasteiger partial charge in [-0.1, -0.05) is 15.9 Å². The van der Waals surface area contributed by atoms with Gasteiger partial charge in [0.05, 0.1) is 11.0 Å². The highest BCUT2D eigenvalue weighted by molar-refractivity contribution is 9.09. The number of carbonyl (C=O) groups is 2. The third kappa shape index (κ3) is 2.45. The molecule has 0 spiro atoms. The standard InChI is InChI=1S/C11H11BrN2O4/c1-11(4-7(11)12)10(17)14-13-9(16)6-2-3-8(15)18-5-6/h2-3,5,7H,4H2,1H3,(H,13,16)(H,14,17)/t7-,11+/m1/s1. The van der Waals surface area contributed by atoms with E-state index in [0.717, 1.165) is 18.8 Å². The second-order valence-electron chi connectivity index (χ2n) is 4.34. The fourth-order valence-corrected chi connectivity index (χ4v) is 2.24. The van der Waals surface area contributed by atoms with Crippen LogP contribution >= 0.6 is 15.9 Å². The summed E-state index contributed by atoms with van der Waals surface area (Å²) in [6.45, 7) is 1.80. The Balaban J connectivity index is 1.91. The first-order valence-electron chi connectivity index (χ1n) is 5.27. The van der Waals surface area contributed by atoms with Crippen LogP contribution in [0.5, 0.6) is 0 Å². The summed E-state index contributed by atoms with van der Waals surface area (Å²) < 4.78 is 4.55. The Morgan fingerprint density at radius 1 is 1.44 bits per heavy atom. The largest absolute Gasteiger partial charge is 0.430 e. The van der Waals surface area contributed by atoms with E-state index in [1.807, 2.05) is 0 Å². The van der Waals surface area contributed by atoms with Gasteiger partial charge in [0, 0.05) is 10.9 Å². The predicted molar refractivity (Wildman–Crippen MR) is 66.0 cm³/mol. The van der Waals surface area contributed by atoms with Crippen molar-refractivity contribution in [1.29, 1.82) is 0 Å². The Labute approximate surface area is 111 Å². The topological polar surface area (TPSA) is 88.4 Å². The summed E-state index contributed by atoms with van der Waals surface area (Å²) >= 11 is 3.34. The average Bonchev–Trinajstić information content (AvgIpc) is 2.96. The minimum atomic E-state index is -0.539. The van der Waals surface area contributed by atoms with E-state index >= 15 is 0 Å². The van der Waals surface area contributed by atoms with Crippen molar-refractivity contribution in [3.8, 4) is 0 Å². The molecule has 6 nitrogen and oxygen atoms in total. The van der Waals surface area contributed by atoms with E-state index in [-0.39, 0.29) is 16.3 Å². The quantitative estimate of drug-likeness (QED) is 0.617. The lowest BCUT2D eigenvalue weighted by Crippen LogP contribution is -2.45. The molecular formula is C11H11BrN2O4. The molecule has 0 radical (unpaired) electrons. The van der Waals surface area contributed by atoms with Crippen LogP contribution in [-0.4, -0.2) is 16.6 Å². The molecule has 1 heterocycles. The molecule has 0 saturated heterocycles. The van der Waals surface area contributed by atoms with Crippen molar-refractivity contribution in [2.24, 2.45) is 5.41 Å². The zero-order chi connectivity index (χ0) is 13.3. The number of halogens is 1. The van der Waals surface area contributed by atoms with Crippen molar-refractivity contribution >= 4 is 27.7 Å². The summed E-state index contributed by atoms with van der Waals surface area (Å²) in [5.74, 6) is -0.794. The lowest BCUT2D eigenvalue weighted by Gasteiger charge is -2.11. The molecule has 0 aromatic carbocycles. The summed E-state index contributed by atoms with van der Waals surface area (Å²) in [6, 6.07) is 2.45. The van der Waals surface area contributed by atoms with Crippen LogP contribution in [0.2, 0.25) is 0 Å². The lowest BCUT2D eigenvalue weighted by molar-refractivity contribution is -0.126. The summed E-state index contributed by atoms with van der Waals surface area (Å²) in [4.78, 5) is 34.1. The molecule has 1 saturated carbocycles. The van der Waals surface area contributed by atoms with E-state index in [9.17, 15) is 14.4 Å². The lowest BCUT2D eigenvalue weighted by atomic mass is 10.1. The number of carbonyl (C=O) groups excluding carboxylic acids is 2. The van der Waals surface area contributed by atoms with Crippen LogP contribution in [0.25, 0.3) is 0 Å². The minimum Gasteiger partial charge on any atom is -0.430 e. The van der Waals surface area contributed by atoms with E-state index in [0.29, 0.717) is 0 Å². The van der Waals surface area contributed by atoms with Gasteiger partial charge in [-0.2, -0.15) is 0 Å². The van der Waals surface area contributed by atoms with Gasteiger partial charge < -0.3 is 4.42 Å². The van der Waals surface area contributed by atoms with Crippen molar-refractivity contribution in [3.63, 3.8) is 0 Å².